The van der Waals surface area contributed by atoms with Gasteiger partial charge in [0, 0.05) is 54.3 Å². The van der Waals surface area contributed by atoms with Crippen molar-refractivity contribution in [3.8, 4) is 0 Å². The van der Waals surface area contributed by atoms with E-state index in [4.69, 9.17) is 31.7 Å². The Labute approximate surface area is 211 Å². The molecule has 3 aromatic heterocycles. The first-order chi connectivity index (χ1) is 17.0. The Balaban J connectivity index is 1.39. The zero-order valence-electron chi connectivity index (χ0n) is 19.5. The molecule has 2 saturated heterocycles. The third kappa shape index (κ3) is 4.15. The molecule has 1 aromatic carbocycles. The van der Waals surface area contributed by atoms with Gasteiger partial charge in [-0.15, -0.1) is 0 Å². The molecular formula is C25H27ClN6O2S. The normalized spacial score (nSPS) is 18.4. The summed E-state index contributed by atoms with van der Waals surface area (Å²) < 4.78 is 5.58. The van der Waals surface area contributed by atoms with Gasteiger partial charge in [0.15, 0.2) is 5.16 Å². The summed E-state index contributed by atoms with van der Waals surface area (Å²) in [5.74, 6) is 0.885. The number of hydrogen-bond acceptors (Lipinski definition) is 8. The van der Waals surface area contributed by atoms with E-state index in [1.807, 2.05) is 18.2 Å². The van der Waals surface area contributed by atoms with Crippen LogP contribution in [0, 0.1) is 0 Å². The van der Waals surface area contributed by atoms with E-state index in [-0.39, 0.29) is 11.7 Å². The molecule has 6 rings (SSSR count). The van der Waals surface area contributed by atoms with Crippen LogP contribution in [0.5, 0.6) is 0 Å². The monoisotopic (exact) mass is 510 g/mol. The Morgan fingerprint density at radius 1 is 1.20 bits per heavy atom. The van der Waals surface area contributed by atoms with Crippen LogP contribution in [0.3, 0.4) is 0 Å². The average Bonchev–Trinajstić information content (AvgIpc) is 3.59. The van der Waals surface area contributed by atoms with Crippen molar-refractivity contribution < 1.29 is 4.42 Å². The third-order valence-corrected chi connectivity index (χ3v) is 8.12. The van der Waals surface area contributed by atoms with Gasteiger partial charge in [0.05, 0.1) is 16.1 Å². The summed E-state index contributed by atoms with van der Waals surface area (Å²) in [6.45, 7) is 5.57. The minimum absolute atomic E-state index is 0.124. The molecule has 4 aromatic rings. The summed E-state index contributed by atoms with van der Waals surface area (Å²) in [5, 5.41) is 3.14. The fourth-order valence-electron chi connectivity index (χ4n) is 5.08. The van der Waals surface area contributed by atoms with Gasteiger partial charge in [-0.3, -0.25) is 0 Å². The van der Waals surface area contributed by atoms with E-state index in [0.29, 0.717) is 15.8 Å². The largest absolute Gasteiger partial charge is 0.423 e. The Morgan fingerprint density at radius 2 is 2.03 bits per heavy atom. The highest BCUT2D eigenvalue weighted by molar-refractivity contribution is 7.99. The molecular weight excluding hydrogens is 484 g/mol. The van der Waals surface area contributed by atoms with Crippen LogP contribution in [0.4, 0.5) is 11.5 Å². The van der Waals surface area contributed by atoms with E-state index in [0.717, 1.165) is 90.4 Å². The number of H-pyrrole nitrogens is 1. The van der Waals surface area contributed by atoms with Gasteiger partial charge in [-0.05, 0) is 55.6 Å². The van der Waals surface area contributed by atoms with Crippen LogP contribution in [0.1, 0.15) is 31.9 Å². The molecule has 3 N–H and O–H groups in total. The number of halogens is 1. The highest BCUT2D eigenvalue weighted by Gasteiger charge is 2.24. The predicted octanol–water partition coefficient (Wildman–Crippen LogP) is 4.57. The molecule has 0 saturated carbocycles. The Morgan fingerprint density at radius 3 is 2.77 bits per heavy atom. The Hall–Kier alpha value is -2.75. The first kappa shape index (κ1) is 22.7. The number of rotatable bonds is 5. The fourth-order valence-corrected chi connectivity index (χ4v) is 6.22. The lowest BCUT2D eigenvalue weighted by atomic mass is 10.2. The Bertz CT molecular complexity index is 1480. The van der Waals surface area contributed by atoms with E-state index in [1.54, 1.807) is 6.07 Å². The molecule has 2 fully saturated rings. The minimum Gasteiger partial charge on any atom is -0.423 e. The molecule has 0 bridgehead atoms. The number of aromatic nitrogens is 3. The highest BCUT2D eigenvalue weighted by atomic mass is 35.5. The van der Waals surface area contributed by atoms with Crippen LogP contribution >= 0.6 is 23.4 Å². The second-order valence-corrected chi connectivity index (χ2v) is 10.6. The quantitative estimate of drug-likeness (QED) is 0.297. The lowest BCUT2D eigenvalue weighted by Crippen LogP contribution is -2.27. The maximum absolute atomic E-state index is 12.3. The topological polar surface area (TPSA) is 104 Å². The van der Waals surface area contributed by atoms with Gasteiger partial charge < -0.3 is 24.9 Å². The zero-order valence-corrected chi connectivity index (χ0v) is 21.1. The van der Waals surface area contributed by atoms with Crippen molar-refractivity contribution in [1.82, 2.24) is 15.0 Å². The second kappa shape index (κ2) is 9.04. The zero-order chi connectivity index (χ0) is 24.1. The Kier molecular flexibility index (Phi) is 5.86. The molecule has 2 aliphatic heterocycles. The molecule has 0 radical (unpaired) electrons. The maximum atomic E-state index is 12.3. The van der Waals surface area contributed by atoms with Gasteiger partial charge >= 0.3 is 5.63 Å². The van der Waals surface area contributed by atoms with Crippen LogP contribution in [-0.4, -0.2) is 47.2 Å². The molecule has 35 heavy (non-hydrogen) atoms. The van der Waals surface area contributed by atoms with Crippen LogP contribution in [-0.2, 0) is 6.42 Å². The summed E-state index contributed by atoms with van der Waals surface area (Å²) in [5.41, 5.74) is 8.89. The SMILES string of the molecule is CCc1[nH]c2nc(Sc3ccc4c(N5CC[C@H](N)C5)cc(=O)oc4c3)nc(N3CCCC3)c2c1Cl. The average molecular weight is 511 g/mol. The molecule has 1 atom stereocenters. The van der Waals surface area contributed by atoms with E-state index in [1.165, 1.54) is 11.8 Å². The molecule has 8 nitrogen and oxygen atoms in total. The van der Waals surface area contributed by atoms with Gasteiger partial charge in [-0.25, -0.2) is 14.8 Å². The minimum atomic E-state index is -0.364. The van der Waals surface area contributed by atoms with Crippen molar-refractivity contribution in [2.24, 2.45) is 5.73 Å². The molecule has 0 spiro atoms. The molecule has 0 amide bonds. The number of nitrogens with one attached hydrogen (secondary N) is 1. The number of nitrogens with zero attached hydrogens (tertiary/aromatic N) is 4. The molecule has 2 aliphatic rings. The lowest BCUT2D eigenvalue weighted by Gasteiger charge is -2.19. The number of nitrogens with two attached hydrogens (primary N) is 1. The smallest absolute Gasteiger partial charge is 0.338 e. The van der Waals surface area contributed by atoms with Crippen molar-refractivity contribution in [2.45, 2.75) is 48.7 Å². The van der Waals surface area contributed by atoms with E-state index >= 15 is 0 Å². The van der Waals surface area contributed by atoms with Gasteiger partial charge in [0.1, 0.15) is 17.0 Å². The summed E-state index contributed by atoms with van der Waals surface area (Å²) in [4.78, 5) is 30.8. The standard InChI is InChI=1S/C25H27ClN6O2S/c1-2-17-22(26)21-23(28-17)29-25(30-24(21)31-8-3-4-9-31)35-15-5-6-16-18(32-10-7-14(27)13-32)12-20(33)34-19(16)11-15/h5-6,11-12,14H,2-4,7-10,13,27H2,1H3,(H,28,29,30)/t14-/m0/s1. The van der Waals surface area contributed by atoms with Crippen LogP contribution < -0.4 is 21.2 Å². The summed E-state index contributed by atoms with van der Waals surface area (Å²) in [6.07, 6.45) is 4.00. The second-order valence-electron chi connectivity index (χ2n) is 9.22. The molecule has 10 heteroatoms. The summed E-state index contributed by atoms with van der Waals surface area (Å²) in [6, 6.07) is 7.60. The lowest BCUT2D eigenvalue weighted by molar-refractivity contribution is 0.560. The van der Waals surface area contributed by atoms with Crippen LogP contribution in [0.2, 0.25) is 5.02 Å². The van der Waals surface area contributed by atoms with Crippen molar-refractivity contribution in [3.63, 3.8) is 0 Å². The van der Waals surface area contributed by atoms with Crippen LogP contribution in [0.25, 0.3) is 22.0 Å². The first-order valence-corrected chi connectivity index (χ1v) is 13.3. The van der Waals surface area contributed by atoms with Crippen molar-refractivity contribution in [3.05, 3.63) is 45.4 Å². The molecule has 0 unspecified atom stereocenters. The number of hydrogen-bond donors (Lipinski definition) is 2. The number of anilines is 2. The van der Waals surface area contributed by atoms with Gasteiger partial charge in [0.25, 0.3) is 0 Å². The maximum Gasteiger partial charge on any atom is 0.338 e. The predicted molar refractivity (Wildman–Crippen MR) is 141 cm³/mol. The van der Waals surface area contributed by atoms with Crippen molar-refractivity contribution >= 4 is 56.9 Å². The molecule has 0 aliphatic carbocycles. The van der Waals surface area contributed by atoms with Gasteiger partial charge in [-0.2, -0.15) is 0 Å². The van der Waals surface area contributed by atoms with Crippen molar-refractivity contribution in [2.75, 3.05) is 36.0 Å². The fraction of sp³-hybridized carbons (Fsp3) is 0.400. The van der Waals surface area contributed by atoms with E-state index in [2.05, 4.69) is 21.7 Å². The van der Waals surface area contributed by atoms with Crippen molar-refractivity contribution in [1.29, 1.82) is 0 Å². The first-order valence-electron chi connectivity index (χ1n) is 12.1. The number of aromatic amines is 1. The van der Waals surface area contributed by atoms with Gasteiger partial charge in [0.2, 0.25) is 0 Å². The van der Waals surface area contributed by atoms with E-state index < -0.39 is 0 Å². The number of fused-ring (bicyclic) bond motifs is 2. The summed E-state index contributed by atoms with van der Waals surface area (Å²) >= 11 is 8.16. The summed E-state index contributed by atoms with van der Waals surface area (Å²) in [7, 11) is 0. The number of benzene rings is 1. The molecule has 182 valence electrons. The van der Waals surface area contributed by atoms with Gasteiger partial charge in [-0.1, -0.05) is 18.5 Å². The third-order valence-electron chi connectivity index (χ3n) is 6.85. The number of aryl methyl sites for hydroxylation is 1. The van der Waals surface area contributed by atoms with E-state index in [9.17, 15) is 4.79 Å². The highest BCUT2D eigenvalue weighted by Crippen LogP contribution is 2.38. The van der Waals surface area contributed by atoms with Crippen LogP contribution in [0.15, 0.2) is 43.5 Å². The molecule has 5 heterocycles.